The Morgan fingerprint density at radius 1 is 0.449 bits per heavy atom. The van der Waals surface area contributed by atoms with E-state index in [1.807, 2.05) is 0 Å². The zero-order valence-electron chi connectivity index (χ0n) is 24.8. The van der Waals surface area contributed by atoms with Gasteiger partial charge in [0.1, 0.15) is 0 Å². The minimum absolute atomic E-state index is 0.333. The van der Waals surface area contributed by atoms with E-state index >= 15 is 0 Å². The van der Waals surface area contributed by atoms with Crippen molar-refractivity contribution in [2.24, 2.45) is 0 Å². The Morgan fingerprint density at radius 2 is 0.755 bits per heavy atom. The van der Waals surface area contributed by atoms with Gasteiger partial charge in [-0.3, -0.25) is 8.37 Å². The molecular weight excluding hydrogens is 778 g/mol. The summed E-state index contributed by atoms with van der Waals surface area (Å²) in [6.45, 7) is 0.0481. The Balaban J connectivity index is 4.56. The maximum atomic E-state index is 13.5. The fraction of sp³-hybridized carbons (Fsp3) is 1.00. The molecule has 49 heavy (non-hydrogen) atoms. The van der Waals surface area contributed by atoms with Gasteiger partial charge in [0, 0.05) is 12.8 Å². The first kappa shape index (κ1) is 47.6. The summed E-state index contributed by atoms with van der Waals surface area (Å²) in [5.74, 6) is -40.9. The van der Waals surface area contributed by atoms with Crippen molar-refractivity contribution in [3.63, 3.8) is 0 Å². The third-order valence-electron chi connectivity index (χ3n) is 6.48. The summed E-state index contributed by atoms with van der Waals surface area (Å²) in [5.41, 5.74) is 0. The van der Waals surface area contributed by atoms with Gasteiger partial charge in [0.15, 0.2) is 0 Å². The Hall–Kier alpha value is -1.44. The molecular formula is C23H30F18O6S2. The molecule has 0 radical (unpaired) electrons. The highest BCUT2D eigenvalue weighted by atomic mass is 32.2. The van der Waals surface area contributed by atoms with Crippen molar-refractivity contribution in [3.8, 4) is 0 Å². The molecule has 1 atom stereocenters. The molecule has 0 N–H and O–H groups in total. The molecule has 1 unspecified atom stereocenters. The van der Waals surface area contributed by atoms with Crippen LogP contribution in [0.25, 0.3) is 0 Å². The van der Waals surface area contributed by atoms with Crippen molar-refractivity contribution in [1.29, 1.82) is 0 Å². The summed E-state index contributed by atoms with van der Waals surface area (Å²) in [5, 5.41) is 0. The predicted octanol–water partition coefficient (Wildman–Crippen LogP) is 8.91. The van der Waals surface area contributed by atoms with Gasteiger partial charge >= 0.3 is 47.9 Å². The molecule has 0 aliphatic carbocycles. The van der Waals surface area contributed by atoms with Crippen LogP contribution in [0.3, 0.4) is 0 Å². The first-order valence-electron chi connectivity index (χ1n) is 13.7. The van der Waals surface area contributed by atoms with Crippen molar-refractivity contribution < 1.29 is 104 Å². The number of alkyl halides is 18. The highest BCUT2D eigenvalue weighted by molar-refractivity contribution is 7.87. The Morgan fingerprint density at radius 3 is 1.08 bits per heavy atom. The van der Waals surface area contributed by atoms with Crippen LogP contribution in [0.5, 0.6) is 0 Å². The van der Waals surface area contributed by atoms with Crippen LogP contribution in [0.15, 0.2) is 0 Å². The third kappa shape index (κ3) is 12.6. The molecule has 0 aromatic carbocycles. The second-order valence-corrected chi connectivity index (χ2v) is 14.2. The van der Waals surface area contributed by atoms with Crippen molar-refractivity contribution in [2.45, 2.75) is 125 Å². The standard InChI is InChI=1S/C23H30F18O6S2/c1-15(47-49(44,45)13-9-5-3-7-11-17(26,27)19(30,31)21(34,35)23(39,40)41)14-46-48(42,43)12-8-4-2-6-10-16(24,25)18(28,29)20(32,33)22(36,37)38/h15H,2-14H2,1H3. The van der Waals surface area contributed by atoms with E-state index in [4.69, 9.17) is 0 Å². The molecule has 6 nitrogen and oxygen atoms in total. The van der Waals surface area contributed by atoms with Crippen molar-refractivity contribution in [2.75, 3.05) is 18.1 Å². The van der Waals surface area contributed by atoms with Crippen LogP contribution in [-0.4, -0.2) is 88.9 Å². The fourth-order valence-corrected chi connectivity index (χ4v) is 5.96. The molecule has 0 saturated carbocycles. The van der Waals surface area contributed by atoms with E-state index in [1.54, 1.807) is 0 Å². The molecule has 0 aliphatic rings. The molecule has 0 amide bonds. The summed E-state index contributed by atoms with van der Waals surface area (Å²) >= 11 is 0. The van der Waals surface area contributed by atoms with Gasteiger partial charge in [0.05, 0.1) is 24.2 Å². The SMILES string of the molecule is CC(COS(=O)(=O)CCCCCCC(F)(F)C(F)(F)C(F)(F)C(F)(F)F)OS(=O)(=O)CCCCCCC(F)(F)C(F)(F)C(F)(F)C(F)(F)F. The minimum atomic E-state index is -7.04. The minimum Gasteiger partial charge on any atom is -0.267 e. The van der Waals surface area contributed by atoms with Gasteiger partial charge in [0.25, 0.3) is 20.2 Å². The van der Waals surface area contributed by atoms with Crippen molar-refractivity contribution >= 4 is 20.2 Å². The van der Waals surface area contributed by atoms with Crippen LogP contribution in [-0.2, 0) is 28.6 Å². The van der Waals surface area contributed by atoms with Gasteiger partial charge in [-0.1, -0.05) is 25.7 Å². The summed E-state index contributed by atoms with van der Waals surface area (Å²) in [4.78, 5) is 0. The molecule has 0 fully saturated rings. The summed E-state index contributed by atoms with van der Waals surface area (Å²) in [6, 6.07) is 0. The molecule has 0 heterocycles. The number of unbranched alkanes of at least 4 members (excludes halogenated alkanes) is 6. The fourth-order valence-electron chi connectivity index (χ4n) is 3.67. The molecule has 0 saturated heterocycles. The molecule has 26 heteroatoms. The second kappa shape index (κ2) is 16.5. The lowest BCUT2D eigenvalue weighted by atomic mass is 9.98. The summed E-state index contributed by atoms with van der Waals surface area (Å²) in [6.07, 6.45) is -24.2. The first-order valence-corrected chi connectivity index (χ1v) is 16.9. The van der Waals surface area contributed by atoms with E-state index < -0.39 is 144 Å². The lowest BCUT2D eigenvalue weighted by Crippen LogP contribution is -2.60. The van der Waals surface area contributed by atoms with Gasteiger partial charge in [-0.25, -0.2) is 0 Å². The summed E-state index contributed by atoms with van der Waals surface area (Å²) < 4.78 is 288. The molecule has 0 rings (SSSR count). The van der Waals surface area contributed by atoms with E-state index in [-0.39, 0.29) is 12.8 Å². The zero-order chi connectivity index (χ0) is 39.2. The highest BCUT2D eigenvalue weighted by Gasteiger charge is 2.82. The van der Waals surface area contributed by atoms with Crippen molar-refractivity contribution in [3.05, 3.63) is 0 Å². The number of hydrogen-bond donors (Lipinski definition) is 0. The first-order chi connectivity index (χ1) is 21.5. The molecule has 0 bridgehead atoms. The maximum absolute atomic E-state index is 13.5. The molecule has 296 valence electrons. The molecule has 0 aromatic heterocycles. The number of hydrogen-bond acceptors (Lipinski definition) is 6. The molecule has 0 aliphatic heterocycles. The van der Waals surface area contributed by atoms with Gasteiger partial charge in [0.2, 0.25) is 0 Å². The topological polar surface area (TPSA) is 86.7 Å². The molecule has 0 spiro atoms. The van der Waals surface area contributed by atoms with E-state index in [9.17, 15) is 95.9 Å². The Kier molecular flexibility index (Phi) is 16.0. The van der Waals surface area contributed by atoms with Crippen LogP contribution >= 0.6 is 0 Å². The van der Waals surface area contributed by atoms with Crippen LogP contribution in [0, 0.1) is 0 Å². The predicted molar refractivity (Wildman–Crippen MR) is 132 cm³/mol. The average molecular weight is 809 g/mol. The van der Waals surface area contributed by atoms with Crippen molar-refractivity contribution in [1.82, 2.24) is 0 Å². The quantitative estimate of drug-likeness (QED) is 0.0583. The normalized spacial score (nSPS) is 15.9. The van der Waals surface area contributed by atoms with Gasteiger partial charge in [-0.05, 0) is 32.6 Å². The number of rotatable bonds is 23. The molecule has 0 aromatic rings. The maximum Gasteiger partial charge on any atom is 0.460 e. The van der Waals surface area contributed by atoms with E-state index in [2.05, 4.69) is 8.37 Å². The van der Waals surface area contributed by atoms with Gasteiger partial charge in [-0.15, -0.1) is 0 Å². The number of halogens is 18. The van der Waals surface area contributed by atoms with Crippen LogP contribution < -0.4 is 0 Å². The smallest absolute Gasteiger partial charge is 0.267 e. The second-order valence-electron chi connectivity index (χ2n) is 10.7. The van der Waals surface area contributed by atoms with Gasteiger partial charge in [-0.2, -0.15) is 95.9 Å². The van der Waals surface area contributed by atoms with Gasteiger partial charge < -0.3 is 0 Å². The lowest BCUT2D eigenvalue weighted by Gasteiger charge is -2.33. The van der Waals surface area contributed by atoms with Crippen LogP contribution in [0.1, 0.15) is 71.1 Å². The van der Waals surface area contributed by atoms with E-state index in [1.165, 1.54) is 0 Å². The van der Waals surface area contributed by atoms with Crippen LogP contribution in [0.2, 0.25) is 0 Å². The van der Waals surface area contributed by atoms with E-state index in [0.29, 0.717) is 0 Å². The van der Waals surface area contributed by atoms with E-state index in [0.717, 1.165) is 6.92 Å². The highest BCUT2D eigenvalue weighted by Crippen LogP contribution is 2.55. The summed E-state index contributed by atoms with van der Waals surface area (Å²) in [7, 11) is -8.95. The monoisotopic (exact) mass is 808 g/mol. The Bertz CT molecular complexity index is 1250. The third-order valence-corrected chi connectivity index (χ3v) is 9.18. The van der Waals surface area contributed by atoms with Crippen LogP contribution in [0.4, 0.5) is 79.0 Å². The largest absolute Gasteiger partial charge is 0.460 e. The average Bonchev–Trinajstić information content (AvgIpc) is 2.89. The Labute approximate surface area is 268 Å². The zero-order valence-corrected chi connectivity index (χ0v) is 26.5. The lowest BCUT2D eigenvalue weighted by molar-refractivity contribution is -0.396.